The predicted molar refractivity (Wildman–Crippen MR) is 70.4 cm³/mol. The van der Waals surface area contributed by atoms with Gasteiger partial charge in [-0.25, -0.2) is 0 Å². The molecule has 0 radical (unpaired) electrons. The first-order valence-corrected chi connectivity index (χ1v) is 5.92. The van der Waals surface area contributed by atoms with E-state index in [1.165, 1.54) is 16.9 Å². The lowest BCUT2D eigenvalue weighted by atomic mass is 10.1. The van der Waals surface area contributed by atoms with Gasteiger partial charge >= 0.3 is 0 Å². The summed E-state index contributed by atoms with van der Waals surface area (Å²) in [6.07, 6.45) is 0. The third-order valence-electron chi connectivity index (χ3n) is 3.33. The topological polar surface area (TPSA) is 18.5 Å². The van der Waals surface area contributed by atoms with Gasteiger partial charge in [-0.3, -0.25) is 0 Å². The first-order chi connectivity index (χ1) is 7.70. The van der Waals surface area contributed by atoms with Crippen LogP contribution in [-0.4, -0.2) is 45.2 Å². The summed E-state index contributed by atoms with van der Waals surface area (Å²) in [6, 6.07) is 6.60. The number of hydrogen-bond acceptors (Lipinski definition) is 3. The number of hydrogen-bond donors (Lipinski definition) is 1. The molecule has 0 unspecified atom stereocenters. The molecule has 1 aromatic carbocycles. The van der Waals surface area contributed by atoms with Crippen molar-refractivity contribution in [1.82, 2.24) is 4.90 Å². The SMILES string of the molecule is CNc1ccc(N2CCN(C)CC2)c(C)c1. The van der Waals surface area contributed by atoms with Crippen LogP contribution in [0.3, 0.4) is 0 Å². The Bertz CT molecular complexity index is 354. The Balaban J connectivity index is 2.14. The van der Waals surface area contributed by atoms with Crippen molar-refractivity contribution in [1.29, 1.82) is 0 Å². The molecule has 1 aromatic rings. The summed E-state index contributed by atoms with van der Waals surface area (Å²) in [6.45, 7) is 6.78. The zero-order valence-electron chi connectivity index (χ0n) is 10.5. The second-order valence-electron chi connectivity index (χ2n) is 4.54. The predicted octanol–water partition coefficient (Wildman–Crippen LogP) is 1.79. The lowest BCUT2D eigenvalue weighted by Gasteiger charge is -2.35. The molecular formula is C13H21N3. The molecule has 0 aliphatic carbocycles. The number of nitrogens with one attached hydrogen (secondary N) is 1. The molecule has 1 fully saturated rings. The van der Waals surface area contributed by atoms with Gasteiger partial charge in [0.25, 0.3) is 0 Å². The lowest BCUT2D eigenvalue weighted by molar-refractivity contribution is 0.312. The minimum atomic E-state index is 1.14. The van der Waals surface area contributed by atoms with Crippen LogP contribution in [0.4, 0.5) is 11.4 Å². The highest BCUT2D eigenvalue weighted by molar-refractivity contribution is 5.60. The average molecular weight is 219 g/mol. The van der Waals surface area contributed by atoms with E-state index in [1.807, 2.05) is 7.05 Å². The molecule has 0 amide bonds. The van der Waals surface area contributed by atoms with Crippen molar-refractivity contribution in [2.75, 3.05) is 50.5 Å². The van der Waals surface area contributed by atoms with E-state index in [0.29, 0.717) is 0 Å². The maximum absolute atomic E-state index is 3.18. The van der Waals surface area contributed by atoms with E-state index in [2.05, 4.69) is 47.3 Å². The molecule has 1 heterocycles. The summed E-state index contributed by atoms with van der Waals surface area (Å²) in [5.41, 5.74) is 3.93. The van der Waals surface area contributed by atoms with Crippen LogP contribution in [0.2, 0.25) is 0 Å². The summed E-state index contributed by atoms with van der Waals surface area (Å²) in [4.78, 5) is 4.86. The Morgan fingerprint density at radius 2 is 1.81 bits per heavy atom. The van der Waals surface area contributed by atoms with Crippen LogP contribution < -0.4 is 10.2 Å². The zero-order valence-corrected chi connectivity index (χ0v) is 10.5. The molecule has 3 heteroatoms. The molecule has 1 aliphatic rings. The van der Waals surface area contributed by atoms with E-state index in [4.69, 9.17) is 0 Å². The van der Waals surface area contributed by atoms with Crippen molar-refractivity contribution in [2.24, 2.45) is 0 Å². The largest absolute Gasteiger partial charge is 0.388 e. The molecule has 88 valence electrons. The highest BCUT2D eigenvalue weighted by Crippen LogP contribution is 2.24. The second kappa shape index (κ2) is 4.74. The molecule has 2 rings (SSSR count). The van der Waals surface area contributed by atoms with Gasteiger partial charge in [0.1, 0.15) is 0 Å². The fourth-order valence-corrected chi connectivity index (χ4v) is 2.21. The standard InChI is InChI=1S/C13H21N3/c1-11-10-12(14-2)4-5-13(11)16-8-6-15(3)7-9-16/h4-5,10,14H,6-9H2,1-3H3. The van der Waals surface area contributed by atoms with Gasteiger partial charge in [-0.15, -0.1) is 0 Å². The summed E-state index contributed by atoms with van der Waals surface area (Å²) in [5, 5.41) is 3.18. The van der Waals surface area contributed by atoms with Gasteiger partial charge in [0.2, 0.25) is 0 Å². The Labute approximate surface area is 98.0 Å². The third-order valence-corrected chi connectivity index (χ3v) is 3.33. The first kappa shape index (κ1) is 11.3. The zero-order chi connectivity index (χ0) is 11.5. The monoisotopic (exact) mass is 219 g/mol. The average Bonchev–Trinajstić information content (AvgIpc) is 2.30. The summed E-state index contributed by atoms with van der Waals surface area (Å²) < 4.78 is 0. The lowest BCUT2D eigenvalue weighted by Crippen LogP contribution is -2.44. The van der Waals surface area contributed by atoms with Crippen molar-refractivity contribution in [3.63, 3.8) is 0 Å². The third kappa shape index (κ3) is 2.30. The number of aryl methyl sites for hydroxylation is 1. The maximum Gasteiger partial charge on any atom is 0.0398 e. The first-order valence-electron chi connectivity index (χ1n) is 5.92. The van der Waals surface area contributed by atoms with E-state index in [9.17, 15) is 0 Å². The number of nitrogens with zero attached hydrogens (tertiary/aromatic N) is 2. The van der Waals surface area contributed by atoms with Crippen LogP contribution in [0.1, 0.15) is 5.56 Å². The van der Waals surface area contributed by atoms with Crippen molar-refractivity contribution in [3.05, 3.63) is 23.8 Å². The van der Waals surface area contributed by atoms with Crippen LogP contribution in [0.25, 0.3) is 0 Å². The number of likely N-dealkylation sites (N-methyl/N-ethyl adjacent to an activating group) is 1. The van der Waals surface area contributed by atoms with Gasteiger partial charge in [0, 0.05) is 44.6 Å². The van der Waals surface area contributed by atoms with Crippen molar-refractivity contribution >= 4 is 11.4 Å². The van der Waals surface area contributed by atoms with Crippen molar-refractivity contribution in [2.45, 2.75) is 6.92 Å². The van der Waals surface area contributed by atoms with Crippen LogP contribution in [0, 0.1) is 6.92 Å². The number of benzene rings is 1. The van der Waals surface area contributed by atoms with E-state index in [0.717, 1.165) is 26.2 Å². The summed E-state index contributed by atoms with van der Waals surface area (Å²) in [7, 11) is 4.15. The molecule has 0 atom stereocenters. The molecule has 0 spiro atoms. The molecule has 3 nitrogen and oxygen atoms in total. The molecular weight excluding hydrogens is 198 g/mol. The van der Waals surface area contributed by atoms with Crippen molar-refractivity contribution in [3.8, 4) is 0 Å². The highest BCUT2D eigenvalue weighted by Gasteiger charge is 2.15. The van der Waals surface area contributed by atoms with Gasteiger partial charge in [-0.2, -0.15) is 0 Å². The van der Waals surface area contributed by atoms with Crippen LogP contribution >= 0.6 is 0 Å². The summed E-state index contributed by atoms with van der Waals surface area (Å²) in [5.74, 6) is 0. The highest BCUT2D eigenvalue weighted by atomic mass is 15.2. The molecule has 16 heavy (non-hydrogen) atoms. The Morgan fingerprint density at radius 3 is 2.38 bits per heavy atom. The fraction of sp³-hybridized carbons (Fsp3) is 0.538. The maximum atomic E-state index is 3.18. The van der Waals surface area contributed by atoms with Gasteiger partial charge in [0.05, 0.1) is 0 Å². The molecule has 1 N–H and O–H groups in total. The Hall–Kier alpha value is -1.22. The van der Waals surface area contributed by atoms with E-state index < -0.39 is 0 Å². The minimum absolute atomic E-state index is 1.14. The molecule has 1 saturated heterocycles. The van der Waals surface area contributed by atoms with Crippen molar-refractivity contribution < 1.29 is 0 Å². The summed E-state index contributed by atoms with van der Waals surface area (Å²) >= 11 is 0. The van der Waals surface area contributed by atoms with Crippen LogP contribution in [-0.2, 0) is 0 Å². The molecule has 0 saturated carbocycles. The molecule has 0 bridgehead atoms. The van der Waals surface area contributed by atoms with Gasteiger partial charge in [0.15, 0.2) is 0 Å². The fourth-order valence-electron chi connectivity index (χ4n) is 2.21. The quantitative estimate of drug-likeness (QED) is 0.818. The van der Waals surface area contributed by atoms with Crippen LogP contribution in [0.5, 0.6) is 0 Å². The van der Waals surface area contributed by atoms with E-state index >= 15 is 0 Å². The number of rotatable bonds is 2. The van der Waals surface area contributed by atoms with E-state index in [1.54, 1.807) is 0 Å². The normalized spacial score (nSPS) is 17.6. The second-order valence-corrected chi connectivity index (χ2v) is 4.54. The van der Waals surface area contributed by atoms with Gasteiger partial charge in [-0.05, 0) is 37.7 Å². The molecule has 0 aromatic heterocycles. The van der Waals surface area contributed by atoms with Crippen LogP contribution in [0.15, 0.2) is 18.2 Å². The Kier molecular flexibility index (Phi) is 3.34. The number of piperazine rings is 1. The minimum Gasteiger partial charge on any atom is -0.388 e. The molecule has 1 aliphatic heterocycles. The smallest absolute Gasteiger partial charge is 0.0398 e. The Morgan fingerprint density at radius 1 is 1.12 bits per heavy atom. The van der Waals surface area contributed by atoms with Gasteiger partial charge in [-0.1, -0.05) is 0 Å². The number of anilines is 2. The van der Waals surface area contributed by atoms with E-state index in [-0.39, 0.29) is 0 Å². The van der Waals surface area contributed by atoms with Gasteiger partial charge < -0.3 is 15.1 Å².